The lowest BCUT2D eigenvalue weighted by molar-refractivity contribution is -0.133. The number of amides is 2. The highest BCUT2D eigenvalue weighted by Gasteiger charge is 2.31. The molecule has 0 saturated carbocycles. The van der Waals surface area contributed by atoms with Crippen molar-refractivity contribution < 1.29 is 24.9 Å². The van der Waals surface area contributed by atoms with Gasteiger partial charge in [0.2, 0.25) is 5.91 Å². The zero-order valence-corrected chi connectivity index (χ0v) is 17.4. The molecule has 0 aliphatic carbocycles. The summed E-state index contributed by atoms with van der Waals surface area (Å²) in [6.07, 6.45) is 0. The SMILES string of the molecule is O=C(c1cc(O)c(O)c(O)c1)N1CCN(C(=O)C(c2ccccc2)c2ccccc2)CC1. The van der Waals surface area contributed by atoms with Gasteiger partial charge in [-0.1, -0.05) is 60.7 Å². The Morgan fingerprint density at radius 1 is 0.688 bits per heavy atom. The van der Waals surface area contributed by atoms with Crippen LogP contribution in [0.5, 0.6) is 17.2 Å². The van der Waals surface area contributed by atoms with Crippen molar-refractivity contribution in [3.63, 3.8) is 0 Å². The van der Waals surface area contributed by atoms with Crippen LogP contribution in [0.1, 0.15) is 27.4 Å². The first-order chi connectivity index (χ1) is 15.5. The predicted octanol–water partition coefficient (Wildman–Crippen LogP) is 2.92. The lowest BCUT2D eigenvalue weighted by Gasteiger charge is -2.36. The highest BCUT2D eigenvalue weighted by Crippen LogP contribution is 2.36. The van der Waals surface area contributed by atoms with Crippen LogP contribution < -0.4 is 0 Å². The molecule has 1 aliphatic heterocycles. The van der Waals surface area contributed by atoms with Crippen LogP contribution in [0.2, 0.25) is 0 Å². The zero-order chi connectivity index (χ0) is 22.7. The first kappa shape index (κ1) is 21.2. The molecule has 0 atom stereocenters. The van der Waals surface area contributed by atoms with Crippen molar-refractivity contribution in [2.24, 2.45) is 0 Å². The number of rotatable bonds is 4. The molecular weight excluding hydrogens is 408 g/mol. The van der Waals surface area contributed by atoms with Gasteiger partial charge in [-0.25, -0.2) is 0 Å². The largest absolute Gasteiger partial charge is 0.504 e. The summed E-state index contributed by atoms with van der Waals surface area (Å²) in [7, 11) is 0. The molecule has 4 rings (SSSR count). The Bertz CT molecular complexity index is 1050. The van der Waals surface area contributed by atoms with Crippen molar-refractivity contribution in [3.8, 4) is 17.2 Å². The van der Waals surface area contributed by atoms with Crippen molar-refractivity contribution in [3.05, 3.63) is 89.5 Å². The Hall–Kier alpha value is -4.00. The van der Waals surface area contributed by atoms with Gasteiger partial charge >= 0.3 is 0 Å². The van der Waals surface area contributed by atoms with Crippen LogP contribution in [0.4, 0.5) is 0 Å². The first-order valence-corrected chi connectivity index (χ1v) is 10.4. The lowest BCUT2D eigenvalue weighted by Crippen LogP contribution is -2.51. The molecule has 0 spiro atoms. The average molecular weight is 432 g/mol. The van der Waals surface area contributed by atoms with Gasteiger partial charge in [0.15, 0.2) is 17.2 Å². The Morgan fingerprint density at radius 2 is 1.12 bits per heavy atom. The van der Waals surface area contributed by atoms with Gasteiger partial charge in [-0.15, -0.1) is 0 Å². The van der Waals surface area contributed by atoms with Crippen LogP contribution in [0, 0.1) is 0 Å². The number of piperazine rings is 1. The van der Waals surface area contributed by atoms with Gasteiger partial charge in [0, 0.05) is 31.7 Å². The molecule has 0 unspecified atom stereocenters. The Balaban J connectivity index is 1.49. The van der Waals surface area contributed by atoms with E-state index in [0.29, 0.717) is 26.2 Å². The van der Waals surface area contributed by atoms with E-state index < -0.39 is 23.2 Å². The molecule has 1 aliphatic rings. The van der Waals surface area contributed by atoms with Crippen LogP contribution in [-0.2, 0) is 4.79 Å². The number of aromatic hydroxyl groups is 3. The van der Waals surface area contributed by atoms with Crippen molar-refractivity contribution in [1.82, 2.24) is 9.80 Å². The van der Waals surface area contributed by atoms with E-state index in [0.717, 1.165) is 23.3 Å². The summed E-state index contributed by atoms with van der Waals surface area (Å²) in [5.74, 6) is -2.61. The van der Waals surface area contributed by atoms with E-state index in [1.54, 1.807) is 9.80 Å². The fourth-order valence-electron chi connectivity index (χ4n) is 3.99. The second kappa shape index (κ2) is 9.01. The zero-order valence-electron chi connectivity index (χ0n) is 17.4. The summed E-state index contributed by atoms with van der Waals surface area (Å²) in [4.78, 5) is 29.6. The molecule has 7 heteroatoms. The van der Waals surface area contributed by atoms with E-state index in [1.165, 1.54) is 0 Å². The minimum absolute atomic E-state index is 0.0191. The fourth-order valence-corrected chi connectivity index (χ4v) is 3.99. The molecule has 1 saturated heterocycles. The maximum absolute atomic E-state index is 13.5. The molecule has 3 aromatic rings. The smallest absolute Gasteiger partial charge is 0.254 e. The molecule has 0 aromatic heterocycles. The normalized spacial score (nSPS) is 13.9. The number of hydrogen-bond acceptors (Lipinski definition) is 5. The lowest BCUT2D eigenvalue weighted by atomic mass is 9.90. The van der Waals surface area contributed by atoms with Gasteiger partial charge in [-0.3, -0.25) is 9.59 Å². The quantitative estimate of drug-likeness (QED) is 0.551. The predicted molar refractivity (Wildman–Crippen MR) is 119 cm³/mol. The molecule has 2 amide bonds. The minimum Gasteiger partial charge on any atom is -0.504 e. The van der Waals surface area contributed by atoms with Gasteiger partial charge < -0.3 is 25.1 Å². The van der Waals surface area contributed by atoms with Crippen LogP contribution in [0.15, 0.2) is 72.8 Å². The second-order valence-electron chi connectivity index (χ2n) is 7.73. The monoisotopic (exact) mass is 432 g/mol. The van der Waals surface area contributed by atoms with E-state index in [9.17, 15) is 24.9 Å². The molecule has 164 valence electrons. The van der Waals surface area contributed by atoms with E-state index in [2.05, 4.69) is 0 Å². The van der Waals surface area contributed by atoms with Crippen LogP contribution in [-0.4, -0.2) is 63.1 Å². The van der Waals surface area contributed by atoms with Crippen molar-refractivity contribution in [2.45, 2.75) is 5.92 Å². The highest BCUT2D eigenvalue weighted by molar-refractivity contribution is 5.96. The molecule has 7 nitrogen and oxygen atoms in total. The third kappa shape index (κ3) is 4.23. The van der Waals surface area contributed by atoms with Gasteiger partial charge in [0.25, 0.3) is 5.91 Å². The van der Waals surface area contributed by atoms with Crippen LogP contribution in [0.25, 0.3) is 0 Å². The molecule has 3 N–H and O–H groups in total. The summed E-state index contributed by atoms with van der Waals surface area (Å²) in [6.45, 7) is 1.39. The molecule has 0 bridgehead atoms. The molecule has 0 radical (unpaired) electrons. The van der Waals surface area contributed by atoms with Crippen molar-refractivity contribution >= 4 is 11.8 Å². The molecule has 1 fully saturated rings. The number of phenolic OH excluding ortho intramolecular Hbond substituents is 3. The third-order valence-electron chi connectivity index (χ3n) is 5.71. The number of hydrogen-bond donors (Lipinski definition) is 3. The van der Waals surface area contributed by atoms with Crippen molar-refractivity contribution in [1.29, 1.82) is 0 Å². The number of phenols is 3. The van der Waals surface area contributed by atoms with E-state index in [1.807, 2.05) is 60.7 Å². The first-order valence-electron chi connectivity index (χ1n) is 10.4. The van der Waals surface area contributed by atoms with Gasteiger partial charge in [0.05, 0.1) is 5.92 Å². The summed E-state index contributed by atoms with van der Waals surface area (Å²) in [5.41, 5.74) is 1.90. The average Bonchev–Trinajstić information content (AvgIpc) is 2.83. The number of carbonyl (C=O) groups is 2. The van der Waals surface area contributed by atoms with Crippen LogP contribution >= 0.6 is 0 Å². The number of carbonyl (C=O) groups excluding carboxylic acids is 2. The number of nitrogens with zero attached hydrogens (tertiary/aromatic N) is 2. The summed E-state index contributed by atoms with van der Waals surface area (Å²) in [6, 6.07) is 21.5. The third-order valence-corrected chi connectivity index (χ3v) is 5.71. The van der Waals surface area contributed by atoms with Gasteiger partial charge in [-0.2, -0.15) is 0 Å². The summed E-state index contributed by atoms with van der Waals surface area (Å²) in [5, 5.41) is 28.9. The van der Waals surface area contributed by atoms with E-state index in [-0.39, 0.29) is 17.4 Å². The van der Waals surface area contributed by atoms with E-state index >= 15 is 0 Å². The standard InChI is InChI=1S/C25H24N2O5/c28-20-15-19(16-21(29)23(20)30)24(31)26-11-13-27(14-12-26)25(32)22(17-7-3-1-4-8-17)18-9-5-2-6-10-18/h1-10,15-16,22,28-30H,11-14H2. The minimum atomic E-state index is -0.662. The maximum Gasteiger partial charge on any atom is 0.254 e. The topological polar surface area (TPSA) is 101 Å². The van der Waals surface area contributed by atoms with Crippen molar-refractivity contribution in [2.75, 3.05) is 26.2 Å². The molecular formula is C25H24N2O5. The van der Waals surface area contributed by atoms with Gasteiger partial charge in [0.1, 0.15) is 0 Å². The highest BCUT2D eigenvalue weighted by atomic mass is 16.3. The van der Waals surface area contributed by atoms with Crippen LogP contribution in [0.3, 0.4) is 0 Å². The van der Waals surface area contributed by atoms with Gasteiger partial charge in [-0.05, 0) is 23.3 Å². The fraction of sp³-hybridized carbons (Fsp3) is 0.200. The Morgan fingerprint density at radius 3 is 1.59 bits per heavy atom. The molecule has 32 heavy (non-hydrogen) atoms. The summed E-state index contributed by atoms with van der Waals surface area (Å²) >= 11 is 0. The number of benzene rings is 3. The Labute approximate surface area is 185 Å². The second-order valence-corrected chi connectivity index (χ2v) is 7.73. The molecule has 1 heterocycles. The van der Waals surface area contributed by atoms with E-state index in [4.69, 9.17) is 0 Å². The summed E-state index contributed by atoms with van der Waals surface area (Å²) < 4.78 is 0. The maximum atomic E-state index is 13.5. The molecule has 3 aromatic carbocycles. The Kier molecular flexibility index (Phi) is 5.98.